The first-order chi connectivity index (χ1) is 9.47. The minimum atomic E-state index is 0.307. The van der Waals surface area contributed by atoms with E-state index >= 15 is 0 Å². The Morgan fingerprint density at radius 3 is 2.50 bits per heavy atom. The van der Waals surface area contributed by atoms with E-state index in [2.05, 4.69) is 45.9 Å². The molecule has 0 heterocycles. The van der Waals surface area contributed by atoms with E-state index in [-0.39, 0.29) is 0 Å². The van der Waals surface area contributed by atoms with Gasteiger partial charge in [0.15, 0.2) is 0 Å². The molecular weight excluding hydrogens is 242 g/mol. The summed E-state index contributed by atoms with van der Waals surface area (Å²) in [5.41, 5.74) is 4.59. The molecule has 0 atom stereocenters. The molecule has 108 valence electrons. The highest BCUT2D eigenvalue weighted by Crippen LogP contribution is 2.40. The Kier molecular flexibility index (Phi) is 6.44. The Morgan fingerprint density at radius 2 is 1.85 bits per heavy atom. The van der Waals surface area contributed by atoms with E-state index in [9.17, 15) is 0 Å². The fourth-order valence-corrected chi connectivity index (χ4v) is 2.67. The van der Waals surface area contributed by atoms with Crippen LogP contribution in [0.5, 0.6) is 0 Å². The molecule has 0 aromatic heterocycles. The fourth-order valence-electron chi connectivity index (χ4n) is 2.67. The van der Waals surface area contributed by atoms with Gasteiger partial charge in [-0.25, -0.2) is 0 Å². The summed E-state index contributed by atoms with van der Waals surface area (Å²) in [6, 6.07) is 0. The van der Waals surface area contributed by atoms with Crippen LogP contribution in [0.25, 0.3) is 0 Å². The smallest absolute Gasteiger partial charge is 0.0177 e. The maximum Gasteiger partial charge on any atom is 0.0177 e. The minimum Gasteiger partial charge on any atom is -0.309 e. The van der Waals surface area contributed by atoms with E-state index in [1.54, 1.807) is 6.08 Å². The molecule has 0 unspecified atom stereocenters. The average Bonchev–Trinajstić information content (AvgIpc) is 2.37. The van der Waals surface area contributed by atoms with Gasteiger partial charge in [-0.2, -0.15) is 0 Å². The van der Waals surface area contributed by atoms with Gasteiger partial charge in [0.25, 0.3) is 0 Å². The molecule has 1 rings (SSSR count). The molecule has 20 heavy (non-hydrogen) atoms. The lowest BCUT2D eigenvalue weighted by molar-refractivity contribution is 0.377. The summed E-state index contributed by atoms with van der Waals surface area (Å²) < 4.78 is 0. The van der Waals surface area contributed by atoms with Gasteiger partial charge >= 0.3 is 0 Å². The quantitative estimate of drug-likeness (QED) is 0.483. The lowest BCUT2D eigenvalue weighted by atomic mass is 9.72. The van der Waals surface area contributed by atoms with Crippen molar-refractivity contribution in [3.8, 4) is 0 Å². The molecule has 1 N–H and O–H groups in total. The van der Waals surface area contributed by atoms with E-state index in [0.717, 1.165) is 0 Å². The topological polar surface area (TPSA) is 23.9 Å². The first-order valence-corrected chi connectivity index (χ1v) is 7.36. The molecule has 1 nitrogen and oxygen atoms in total. The van der Waals surface area contributed by atoms with Gasteiger partial charge in [-0.1, -0.05) is 61.4 Å². The van der Waals surface area contributed by atoms with Crippen LogP contribution in [-0.4, -0.2) is 6.21 Å². The summed E-state index contributed by atoms with van der Waals surface area (Å²) in [5, 5.41) is 6.88. The first kappa shape index (κ1) is 16.4. The lowest BCUT2D eigenvalue weighted by Crippen LogP contribution is -2.19. The summed E-state index contributed by atoms with van der Waals surface area (Å²) in [6.45, 7) is 9.07. The third kappa shape index (κ3) is 5.16. The van der Waals surface area contributed by atoms with Gasteiger partial charge in [0.05, 0.1) is 0 Å². The summed E-state index contributed by atoms with van der Waals surface area (Å²) in [5.74, 6) is 0. The van der Waals surface area contributed by atoms with Crippen molar-refractivity contribution in [1.82, 2.24) is 0 Å². The highest BCUT2D eigenvalue weighted by Gasteiger charge is 2.26. The van der Waals surface area contributed by atoms with Gasteiger partial charge in [-0.3, -0.25) is 0 Å². The van der Waals surface area contributed by atoms with Crippen molar-refractivity contribution in [2.75, 3.05) is 0 Å². The van der Waals surface area contributed by atoms with Crippen LogP contribution in [0.2, 0.25) is 0 Å². The molecule has 0 aromatic rings. The van der Waals surface area contributed by atoms with Gasteiger partial charge in [0.1, 0.15) is 0 Å². The van der Waals surface area contributed by atoms with Crippen LogP contribution in [0.4, 0.5) is 0 Å². The lowest BCUT2D eigenvalue weighted by Gasteiger charge is -2.32. The number of rotatable bonds is 5. The molecular formula is C19H27N. The molecule has 0 saturated carbocycles. The fraction of sp³-hybridized carbons (Fsp3) is 0.421. The van der Waals surface area contributed by atoms with Crippen molar-refractivity contribution in [2.24, 2.45) is 5.41 Å². The maximum atomic E-state index is 6.88. The maximum absolute atomic E-state index is 6.88. The molecule has 1 aliphatic rings. The number of allylic oxidation sites excluding steroid dienone is 10. The van der Waals surface area contributed by atoms with Crippen LogP contribution in [-0.2, 0) is 0 Å². The van der Waals surface area contributed by atoms with Crippen molar-refractivity contribution >= 4 is 6.21 Å². The van der Waals surface area contributed by atoms with Crippen LogP contribution in [0, 0.1) is 10.8 Å². The van der Waals surface area contributed by atoms with Crippen LogP contribution in [0.3, 0.4) is 0 Å². The normalized spacial score (nSPS) is 20.5. The number of nitrogens with one attached hydrogen (secondary N) is 1. The van der Waals surface area contributed by atoms with Gasteiger partial charge in [-0.15, -0.1) is 0 Å². The third-order valence-corrected chi connectivity index (χ3v) is 3.84. The van der Waals surface area contributed by atoms with Crippen molar-refractivity contribution in [1.29, 1.82) is 5.41 Å². The average molecular weight is 269 g/mol. The standard InChI is InChI=1S/C19H27N/c1-16(10-7-5-6-8-15-20)12-13-18-17(2)11-9-14-19(18,3)4/h5-8,10,12-13,15,20H,9,11,14H2,1-4H3/b7-5-,8-6+,13-12+,16-10+,20-15?. The largest absolute Gasteiger partial charge is 0.309 e. The SMILES string of the molecule is CC1=C(/C=C/C(C)=C/C=C\C=C\C=N)C(C)(C)CCC1. The number of hydrogen-bond donors (Lipinski definition) is 1. The molecule has 0 saturated heterocycles. The third-order valence-electron chi connectivity index (χ3n) is 3.84. The molecule has 0 spiro atoms. The van der Waals surface area contributed by atoms with E-state index in [4.69, 9.17) is 5.41 Å². The predicted octanol–water partition coefficient (Wildman–Crippen LogP) is 5.78. The van der Waals surface area contributed by atoms with Crippen molar-refractivity contribution < 1.29 is 0 Å². The van der Waals surface area contributed by atoms with E-state index in [0.29, 0.717) is 5.41 Å². The zero-order chi connectivity index (χ0) is 15.0. The van der Waals surface area contributed by atoms with Crippen LogP contribution in [0.1, 0.15) is 47.0 Å². The van der Waals surface area contributed by atoms with Gasteiger partial charge in [-0.05, 0) is 50.2 Å². The van der Waals surface area contributed by atoms with Crippen LogP contribution >= 0.6 is 0 Å². The molecule has 0 amide bonds. The Morgan fingerprint density at radius 1 is 1.15 bits per heavy atom. The van der Waals surface area contributed by atoms with Gasteiger partial charge in [0, 0.05) is 6.21 Å². The number of hydrogen-bond acceptors (Lipinski definition) is 1. The monoisotopic (exact) mass is 269 g/mol. The van der Waals surface area contributed by atoms with Crippen LogP contribution < -0.4 is 0 Å². The van der Waals surface area contributed by atoms with Crippen molar-refractivity contribution in [3.05, 3.63) is 59.3 Å². The highest BCUT2D eigenvalue weighted by atomic mass is 14.3. The zero-order valence-corrected chi connectivity index (χ0v) is 13.2. The zero-order valence-electron chi connectivity index (χ0n) is 13.2. The summed E-state index contributed by atoms with van der Waals surface area (Å²) in [6.07, 6.45) is 19.2. The van der Waals surface area contributed by atoms with E-state index < -0.39 is 0 Å². The van der Waals surface area contributed by atoms with E-state index in [1.165, 1.54) is 42.2 Å². The highest BCUT2D eigenvalue weighted by molar-refractivity contribution is 5.68. The molecule has 0 radical (unpaired) electrons. The molecule has 1 aliphatic carbocycles. The second-order valence-corrected chi connectivity index (χ2v) is 6.11. The Hall–Kier alpha value is -1.63. The summed E-state index contributed by atoms with van der Waals surface area (Å²) in [4.78, 5) is 0. The molecule has 0 aromatic carbocycles. The summed E-state index contributed by atoms with van der Waals surface area (Å²) >= 11 is 0. The molecule has 0 bridgehead atoms. The predicted molar refractivity (Wildman–Crippen MR) is 90.3 cm³/mol. The first-order valence-electron chi connectivity index (χ1n) is 7.36. The minimum absolute atomic E-state index is 0.307. The van der Waals surface area contributed by atoms with E-state index in [1.807, 2.05) is 18.2 Å². The van der Waals surface area contributed by atoms with Crippen molar-refractivity contribution in [2.45, 2.75) is 47.0 Å². The molecule has 0 aliphatic heterocycles. The van der Waals surface area contributed by atoms with Crippen molar-refractivity contribution in [3.63, 3.8) is 0 Å². The molecule has 1 heteroatoms. The Bertz CT molecular complexity index is 482. The molecule has 0 fully saturated rings. The Labute approximate surface area is 124 Å². The van der Waals surface area contributed by atoms with Gasteiger partial charge in [0.2, 0.25) is 0 Å². The second kappa shape index (κ2) is 7.84. The Balaban J connectivity index is 2.76. The van der Waals surface area contributed by atoms with Gasteiger partial charge < -0.3 is 5.41 Å². The van der Waals surface area contributed by atoms with Crippen LogP contribution in [0.15, 0.2) is 59.3 Å². The summed E-state index contributed by atoms with van der Waals surface area (Å²) in [7, 11) is 0. The second-order valence-electron chi connectivity index (χ2n) is 6.11.